The van der Waals surface area contributed by atoms with Gasteiger partial charge in [0.15, 0.2) is 0 Å². The molecule has 0 N–H and O–H groups in total. The molecule has 2 fully saturated rings. The molecular formula is C24H26N4O4S2. The fraction of sp³-hybridized carbons (Fsp3) is 0.458. The monoisotopic (exact) mass is 498 g/mol. The number of nitrogens with zero attached hydrogens (tertiary/aromatic N) is 4. The normalized spacial score (nSPS) is 21.1. The molecule has 1 saturated carbocycles. The van der Waals surface area contributed by atoms with Crippen LogP contribution in [0.4, 0.5) is 5.69 Å². The Morgan fingerprint density at radius 2 is 2.00 bits per heavy atom. The molecule has 0 radical (unpaired) electrons. The topological polar surface area (TPSA) is 96.6 Å². The number of rotatable bonds is 5. The summed E-state index contributed by atoms with van der Waals surface area (Å²) in [5, 5.41) is 4.06. The van der Waals surface area contributed by atoms with Gasteiger partial charge in [-0.25, -0.2) is 8.42 Å². The molecule has 1 aliphatic carbocycles. The number of sulfonamides is 1. The predicted octanol–water partition coefficient (Wildman–Crippen LogP) is 3.97. The minimum atomic E-state index is -3.74. The van der Waals surface area contributed by atoms with Crippen molar-refractivity contribution < 1.29 is 17.7 Å². The van der Waals surface area contributed by atoms with Crippen molar-refractivity contribution in [1.29, 1.82) is 0 Å². The first-order valence-electron chi connectivity index (χ1n) is 11.8. The lowest BCUT2D eigenvalue weighted by Gasteiger charge is -2.33. The van der Waals surface area contributed by atoms with Crippen LogP contribution >= 0.6 is 11.3 Å². The zero-order valence-electron chi connectivity index (χ0n) is 18.9. The van der Waals surface area contributed by atoms with Gasteiger partial charge < -0.3 is 9.42 Å². The zero-order valence-corrected chi connectivity index (χ0v) is 20.6. The first-order chi connectivity index (χ1) is 16.4. The molecule has 8 nitrogen and oxygen atoms in total. The maximum atomic E-state index is 13.6. The molecule has 178 valence electrons. The minimum absolute atomic E-state index is 0.0204. The third kappa shape index (κ3) is 3.77. The summed E-state index contributed by atoms with van der Waals surface area (Å²) in [6.07, 6.45) is 4.32. The van der Waals surface area contributed by atoms with E-state index in [1.807, 2.05) is 23.1 Å². The summed E-state index contributed by atoms with van der Waals surface area (Å²) in [5.74, 6) is 1.09. The molecule has 10 heteroatoms. The number of piperidine rings is 1. The Hall–Kier alpha value is -2.56. The van der Waals surface area contributed by atoms with Gasteiger partial charge in [0.2, 0.25) is 27.6 Å². The summed E-state index contributed by atoms with van der Waals surface area (Å²) in [6.45, 7) is 3.08. The largest absolute Gasteiger partial charge is 0.339 e. The van der Waals surface area contributed by atoms with Crippen LogP contribution < -0.4 is 4.90 Å². The van der Waals surface area contributed by atoms with Gasteiger partial charge in [0.25, 0.3) is 0 Å². The molecule has 2 aliphatic heterocycles. The van der Waals surface area contributed by atoms with Crippen LogP contribution in [0.15, 0.2) is 39.8 Å². The van der Waals surface area contributed by atoms with E-state index in [2.05, 4.69) is 16.2 Å². The molecule has 6 rings (SSSR count). The Labute approximate surface area is 202 Å². The predicted molar refractivity (Wildman–Crippen MR) is 128 cm³/mol. The quantitative estimate of drug-likeness (QED) is 0.528. The number of anilines is 1. The fourth-order valence-corrected chi connectivity index (χ4v) is 7.96. The first kappa shape index (κ1) is 21.9. The van der Waals surface area contributed by atoms with E-state index in [-0.39, 0.29) is 23.3 Å². The van der Waals surface area contributed by atoms with Crippen LogP contribution in [0.2, 0.25) is 0 Å². The molecule has 0 unspecified atom stereocenters. The van der Waals surface area contributed by atoms with E-state index in [1.54, 1.807) is 13.0 Å². The average molecular weight is 499 g/mol. The Balaban J connectivity index is 1.22. The lowest BCUT2D eigenvalue weighted by molar-refractivity contribution is -0.123. The third-order valence-corrected chi connectivity index (χ3v) is 10.1. The van der Waals surface area contributed by atoms with Crippen molar-refractivity contribution in [3.63, 3.8) is 0 Å². The second-order valence-electron chi connectivity index (χ2n) is 9.33. The van der Waals surface area contributed by atoms with Gasteiger partial charge in [0, 0.05) is 36.1 Å². The molecule has 1 saturated heterocycles. The fourth-order valence-electron chi connectivity index (χ4n) is 4.95. The molecule has 4 heterocycles. The van der Waals surface area contributed by atoms with Crippen molar-refractivity contribution in [2.75, 3.05) is 24.5 Å². The smallest absolute Gasteiger partial charge is 0.244 e. The van der Waals surface area contributed by atoms with Gasteiger partial charge in [-0.05, 0) is 56.7 Å². The van der Waals surface area contributed by atoms with Crippen molar-refractivity contribution in [3.05, 3.63) is 46.7 Å². The maximum absolute atomic E-state index is 13.6. The summed E-state index contributed by atoms with van der Waals surface area (Å²) in [7, 11) is -3.74. The van der Waals surface area contributed by atoms with Gasteiger partial charge in [-0.2, -0.15) is 9.29 Å². The number of aromatic nitrogens is 2. The number of hydrogen-bond acceptors (Lipinski definition) is 7. The number of carbonyl (C=O) groups excluding carboxylic acids is 1. The van der Waals surface area contributed by atoms with Gasteiger partial charge in [-0.15, -0.1) is 11.3 Å². The summed E-state index contributed by atoms with van der Waals surface area (Å²) >= 11 is 1.36. The van der Waals surface area contributed by atoms with Crippen LogP contribution in [0, 0.1) is 12.8 Å². The number of carbonyl (C=O) groups is 1. The standard InChI is InChI=1S/C24H26N4O4S2/c1-15-21(13-20(33-15)22-25-23(32-26-22)17-8-9-17)34(30,31)27-11-4-6-18(14-27)24(29)28-12-10-16-5-2-3-7-19(16)28/h2-3,5,7,13,17-18H,4,6,8-12,14H2,1H3/t18-/m0/s1. The molecule has 0 spiro atoms. The van der Waals surface area contributed by atoms with Crippen molar-refractivity contribution >= 4 is 33.0 Å². The van der Waals surface area contributed by atoms with E-state index in [9.17, 15) is 13.2 Å². The van der Waals surface area contributed by atoms with Gasteiger partial charge in [-0.1, -0.05) is 23.4 Å². The maximum Gasteiger partial charge on any atom is 0.244 e. The van der Waals surface area contributed by atoms with Gasteiger partial charge in [0.1, 0.15) is 0 Å². The number of para-hydroxylation sites is 1. The lowest BCUT2D eigenvalue weighted by Crippen LogP contribution is -2.46. The molecule has 0 bridgehead atoms. The van der Waals surface area contributed by atoms with E-state index >= 15 is 0 Å². The average Bonchev–Trinajstić information content (AvgIpc) is 3.24. The molecule has 3 aliphatic rings. The number of benzene rings is 1. The highest BCUT2D eigenvalue weighted by atomic mass is 32.2. The van der Waals surface area contributed by atoms with Crippen LogP contribution in [0.3, 0.4) is 0 Å². The molecule has 1 amide bonds. The van der Waals surface area contributed by atoms with Crippen molar-refractivity contribution in [1.82, 2.24) is 14.4 Å². The van der Waals surface area contributed by atoms with Gasteiger partial charge >= 0.3 is 0 Å². The van der Waals surface area contributed by atoms with Crippen molar-refractivity contribution in [3.8, 4) is 10.7 Å². The minimum Gasteiger partial charge on any atom is -0.339 e. The van der Waals surface area contributed by atoms with Crippen LogP contribution in [0.25, 0.3) is 10.7 Å². The number of hydrogen-bond donors (Lipinski definition) is 0. The molecule has 2 aromatic heterocycles. The van der Waals surface area contributed by atoms with Crippen LogP contribution in [0.1, 0.15) is 47.9 Å². The summed E-state index contributed by atoms with van der Waals surface area (Å²) in [5.41, 5.74) is 2.13. The van der Waals surface area contributed by atoms with E-state index in [4.69, 9.17) is 4.52 Å². The lowest BCUT2D eigenvalue weighted by atomic mass is 9.98. The second kappa shape index (κ2) is 8.28. The molecule has 34 heavy (non-hydrogen) atoms. The highest BCUT2D eigenvalue weighted by molar-refractivity contribution is 7.89. The number of aryl methyl sites for hydroxylation is 1. The van der Waals surface area contributed by atoms with Crippen LogP contribution in [-0.4, -0.2) is 48.4 Å². The number of thiophene rings is 1. The Bertz CT molecular complexity index is 1360. The van der Waals surface area contributed by atoms with E-state index in [0.717, 1.165) is 24.9 Å². The van der Waals surface area contributed by atoms with Crippen LogP contribution in [-0.2, 0) is 21.2 Å². The van der Waals surface area contributed by atoms with E-state index < -0.39 is 10.0 Å². The Morgan fingerprint density at radius 3 is 2.82 bits per heavy atom. The second-order valence-corrected chi connectivity index (χ2v) is 12.5. The highest BCUT2D eigenvalue weighted by Gasteiger charge is 2.38. The zero-order chi connectivity index (χ0) is 23.4. The van der Waals surface area contributed by atoms with Crippen LogP contribution in [0.5, 0.6) is 0 Å². The number of fused-ring (bicyclic) bond motifs is 1. The summed E-state index contributed by atoms with van der Waals surface area (Å²) in [6, 6.07) is 9.60. The molecule has 1 aromatic carbocycles. The number of amides is 1. The molecule has 1 atom stereocenters. The Kier molecular flexibility index (Phi) is 5.34. The van der Waals surface area contributed by atoms with Crippen molar-refractivity contribution in [2.45, 2.75) is 49.8 Å². The Morgan fingerprint density at radius 1 is 1.18 bits per heavy atom. The first-order valence-corrected chi connectivity index (χ1v) is 14.0. The van der Waals surface area contributed by atoms with Gasteiger partial charge in [0.05, 0.1) is 15.7 Å². The highest BCUT2D eigenvalue weighted by Crippen LogP contribution is 2.41. The summed E-state index contributed by atoms with van der Waals surface area (Å²) < 4.78 is 34.0. The van der Waals surface area contributed by atoms with E-state index in [1.165, 1.54) is 21.2 Å². The molecule has 3 aromatic rings. The molecular weight excluding hydrogens is 472 g/mol. The summed E-state index contributed by atoms with van der Waals surface area (Å²) in [4.78, 5) is 21.3. The van der Waals surface area contributed by atoms with E-state index in [0.29, 0.717) is 53.3 Å². The van der Waals surface area contributed by atoms with Crippen molar-refractivity contribution in [2.24, 2.45) is 5.92 Å². The third-order valence-electron chi connectivity index (χ3n) is 6.97. The van der Waals surface area contributed by atoms with Gasteiger partial charge in [-0.3, -0.25) is 4.79 Å². The SMILES string of the molecule is Cc1sc(-c2noc(C3CC3)n2)cc1S(=O)(=O)N1CCC[C@H](C(=O)N2CCc3ccccc32)C1.